The highest BCUT2D eigenvalue weighted by molar-refractivity contribution is 6.02. The zero-order valence-corrected chi connectivity index (χ0v) is 17.2. The fourth-order valence-corrected chi connectivity index (χ4v) is 2.82. The number of ether oxygens (including phenoxy) is 1. The highest BCUT2D eigenvalue weighted by atomic mass is 16.5. The SMILES string of the molecule is COCCNc1ccc(-c2cc(=O)c3c(NC(=O)C(C)(C)C)cccc3o2)cc1. The number of rotatable bonds is 6. The molecule has 0 saturated heterocycles. The number of anilines is 2. The van der Waals surface area contributed by atoms with Crippen molar-refractivity contribution in [2.24, 2.45) is 5.41 Å². The quantitative estimate of drug-likeness (QED) is 0.602. The molecule has 0 radical (unpaired) electrons. The Morgan fingerprint density at radius 1 is 1.10 bits per heavy atom. The van der Waals surface area contributed by atoms with Crippen LogP contribution in [0.1, 0.15) is 20.8 Å². The monoisotopic (exact) mass is 394 g/mol. The van der Waals surface area contributed by atoms with Gasteiger partial charge in [0.15, 0.2) is 5.43 Å². The van der Waals surface area contributed by atoms with E-state index in [-0.39, 0.29) is 11.3 Å². The largest absolute Gasteiger partial charge is 0.456 e. The van der Waals surface area contributed by atoms with Crippen molar-refractivity contribution in [3.8, 4) is 11.3 Å². The summed E-state index contributed by atoms with van der Waals surface area (Å²) in [6, 6.07) is 14.3. The van der Waals surface area contributed by atoms with E-state index >= 15 is 0 Å². The van der Waals surface area contributed by atoms with Crippen molar-refractivity contribution in [3.63, 3.8) is 0 Å². The van der Waals surface area contributed by atoms with Gasteiger partial charge in [-0.05, 0) is 36.4 Å². The Bertz CT molecular complexity index is 1060. The van der Waals surface area contributed by atoms with Gasteiger partial charge in [-0.3, -0.25) is 9.59 Å². The van der Waals surface area contributed by atoms with Crippen molar-refractivity contribution in [2.45, 2.75) is 20.8 Å². The first-order valence-electron chi connectivity index (χ1n) is 9.51. The van der Waals surface area contributed by atoms with Gasteiger partial charge in [-0.15, -0.1) is 0 Å². The van der Waals surface area contributed by atoms with Gasteiger partial charge in [0.25, 0.3) is 0 Å². The molecule has 152 valence electrons. The number of methoxy groups -OCH3 is 1. The third kappa shape index (κ3) is 4.84. The third-order valence-corrected chi connectivity index (χ3v) is 4.49. The van der Waals surface area contributed by atoms with Crippen LogP contribution in [0.5, 0.6) is 0 Å². The first-order valence-corrected chi connectivity index (χ1v) is 9.51. The molecule has 0 unspecified atom stereocenters. The molecule has 0 aliphatic rings. The average Bonchev–Trinajstić information content (AvgIpc) is 2.68. The molecule has 0 aliphatic carbocycles. The van der Waals surface area contributed by atoms with Crippen molar-refractivity contribution in [1.29, 1.82) is 0 Å². The van der Waals surface area contributed by atoms with Crippen LogP contribution in [0, 0.1) is 5.41 Å². The predicted molar refractivity (Wildman–Crippen MR) is 116 cm³/mol. The Hall–Kier alpha value is -3.12. The Labute approximate surface area is 169 Å². The normalized spacial score (nSPS) is 11.4. The fourth-order valence-electron chi connectivity index (χ4n) is 2.82. The van der Waals surface area contributed by atoms with Gasteiger partial charge in [0, 0.05) is 36.4 Å². The zero-order chi connectivity index (χ0) is 21.0. The fraction of sp³-hybridized carbons (Fsp3) is 0.304. The highest BCUT2D eigenvalue weighted by Crippen LogP contribution is 2.28. The molecule has 0 aliphatic heterocycles. The minimum Gasteiger partial charge on any atom is -0.456 e. The Morgan fingerprint density at radius 2 is 1.83 bits per heavy atom. The molecule has 0 fully saturated rings. The lowest BCUT2D eigenvalue weighted by Crippen LogP contribution is -2.28. The van der Waals surface area contributed by atoms with E-state index in [0.717, 1.165) is 11.3 Å². The number of hydrogen-bond acceptors (Lipinski definition) is 5. The molecule has 2 N–H and O–H groups in total. The molecule has 1 heterocycles. The second-order valence-electron chi connectivity index (χ2n) is 7.85. The third-order valence-electron chi connectivity index (χ3n) is 4.49. The maximum absolute atomic E-state index is 12.8. The van der Waals surface area contributed by atoms with Crippen LogP contribution in [-0.4, -0.2) is 26.2 Å². The topological polar surface area (TPSA) is 80.6 Å². The summed E-state index contributed by atoms with van der Waals surface area (Å²) < 4.78 is 11.0. The summed E-state index contributed by atoms with van der Waals surface area (Å²) in [4.78, 5) is 25.2. The van der Waals surface area contributed by atoms with Crippen molar-refractivity contribution < 1.29 is 13.9 Å². The van der Waals surface area contributed by atoms with Gasteiger partial charge >= 0.3 is 0 Å². The van der Waals surface area contributed by atoms with Gasteiger partial charge < -0.3 is 19.8 Å². The molecule has 0 bridgehead atoms. The van der Waals surface area contributed by atoms with Crippen LogP contribution >= 0.6 is 0 Å². The van der Waals surface area contributed by atoms with Gasteiger partial charge in [0.05, 0.1) is 17.7 Å². The van der Waals surface area contributed by atoms with Gasteiger partial charge in [0.2, 0.25) is 5.91 Å². The van der Waals surface area contributed by atoms with Crippen LogP contribution in [0.25, 0.3) is 22.3 Å². The smallest absolute Gasteiger partial charge is 0.229 e. The molecule has 1 aromatic heterocycles. The van der Waals surface area contributed by atoms with E-state index in [1.807, 2.05) is 45.0 Å². The first kappa shape index (κ1) is 20.6. The minimum atomic E-state index is -0.568. The highest BCUT2D eigenvalue weighted by Gasteiger charge is 2.22. The number of carbonyl (C=O) groups is 1. The number of carbonyl (C=O) groups excluding carboxylic acids is 1. The molecule has 3 rings (SSSR count). The van der Waals surface area contributed by atoms with E-state index in [4.69, 9.17) is 9.15 Å². The molecular formula is C23H26N2O4. The number of amides is 1. The van der Waals surface area contributed by atoms with Crippen LogP contribution < -0.4 is 16.1 Å². The van der Waals surface area contributed by atoms with Crippen molar-refractivity contribution in [2.75, 3.05) is 30.9 Å². The summed E-state index contributed by atoms with van der Waals surface area (Å²) in [7, 11) is 1.66. The van der Waals surface area contributed by atoms with Gasteiger partial charge in [-0.1, -0.05) is 26.8 Å². The van der Waals surface area contributed by atoms with Gasteiger partial charge in [0.1, 0.15) is 11.3 Å². The lowest BCUT2D eigenvalue weighted by Gasteiger charge is -2.18. The first-order chi connectivity index (χ1) is 13.8. The van der Waals surface area contributed by atoms with Crippen LogP contribution in [0.2, 0.25) is 0 Å². The Kier molecular flexibility index (Phi) is 6.03. The van der Waals surface area contributed by atoms with E-state index in [1.54, 1.807) is 25.3 Å². The molecule has 29 heavy (non-hydrogen) atoms. The molecule has 0 atom stereocenters. The van der Waals surface area contributed by atoms with E-state index in [0.29, 0.717) is 35.6 Å². The summed E-state index contributed by atoms with van der Waals surface area (Å²) in [6.07, 6.45) is 0. The van der Waals surface area contributed by atoms with E-state index < -0.39 is 5.41 Å². The molecule has 6 heteroatoms. The Balaban J connectivity index is 1.92. The lowest BCUT2D eigenvalue weighted by atomic mass is 9.95. The molecule has 0 spiro atoms. The summed E-state index contributed by atoms with van der Waals surface area (Å²) in [6.45, 7) is 6.80. The van der Waals surface area contributed by atoms with Crippen LogP contribution in [0.15, 0.2) is 57.7 Å². The molecule has 6 nitrogen and oxygen atoms in total. The van der Waals surface area contributed by atoms with E-state index in [1.165, 1.54) is 6.07 Å². The standard InChI is InChI=1S/C23H26N2O4/c1-23(2,3)22(27)25-17-6-5-7-19-21(17)18(26)14-20(29-19)15-8-10-16(11-9-15)24-12-13-28-4/h5-11,14,24H,12-13H2,1-4H3,(H,25,27). The van der Waals surface area contributed by atoms with E-state index in [2.05, 4.69) is 10.6 Å². The maximum atomic E-state index is 12.8. The summed E-state index contributed by atoms with van der Waals surface area (Å²) >= 11 is 0. The summed E-state index contributed by atoms with van der Waals surface area (Å²) in [5.41, 5.74) is 1.88. The number of hydrogen-bond donors (Lipinski definition) is 2. The number of fused-ring (bicyclic) bond motifs is 1. The van der Waals surface area contributed by atoms with E-state index in [9.17, 15) is 9.59 Å². The minimum absolute atomic E-state index is 0.162. The maximum Gasteiger partial charge on any atom is 0.229 e. The van der Waals surface area contributed by atoms with Crippen molar-refractivity contribution >= 4 is 28.3 Å². The second kappa shape index (κ2) is 8.49. The van der Waals surface area contributed by atoms with Crippen LogP contribution in [-0.2, 0) is 9.53 Å². The number of benzene rings is 2. The molecule has 3 aromatic rings. The van der Waals surface area contributed by atoms with Gasteiger partial charge in [-0.25, -0.2) is 0 Å². The van der Waals surface area contributed by atoms with Crippen LogP contribution in [0.4, 0.5) is 11.4 Å². The molecule has 2 aromatic carbocycles. The van der Waals surface area contributed by atoms with Crippen LogP contribution in [0.3, 0.4) is 0 Å². The average molecular weight is 394 g/mol. The second-order valence-corrected chi connectivity index (χ2v) is 7.85. The summed E-state index contributed by atoms with van der Waals surface area (Å²) in [5.74, 6) is 0.315. The van der Waals surface area contributed by atoms with Crippen molar-refractivity contribution in [1.82, 2.24) is 0 Å². The Morgan fingerprint density at radius 3 is 2.48 bits per heavy atom. The number of nitrogens with one attached hydrogen (secondary N) is 2. The lowest BCUT2D eigenvalue weighted by molar-refractivity contribution is -0.123. The predicted octanol–water partition coefficient (Wildman–Crippen LogP) is 4.50. The molecule has 1 amide bonds. The zero-order valence-electron chi connectivity index (χ0n) is 17.2. The van der Waals surface area contributed by atoms with Gasteiger partial charge in [-0.2, -0.15) is 0 Å². The molecular weight excluding hydrogens is 368 g/mol. The van der Waals surface area contributed by atoms with Crippen molar-refractivity contribution in [3.05, 3.63) is 58.8 Å². The molecule has 0 saturated carbocycles. The summed E-state index contributed by atoms with van der Waals surface area (Å²) in [5, 5.41) is 6.45.